The molecule has 0 aromatic rings. The van der Waals surface area contributed by atoms with Crippen molar-refractivity contribution in [3.63, 3.8) is 0 Å². The van der Waals surface area contributed by atoms with Crippen molar-refractivity contribution in [3.05, 3.63) is 0 Å². The molecule has 0 unspecified atom stereocenters. The Morgan fingerprint density at radius 1 is 2.00 bits per heavy atom. The third-order valence-corrected chi connectivity index (χ3v) is 0.354. The molecule has 0 N–H and O–H groups in total. The van der Waals surface area contributed by atoms with Gasteiger partial charge in [-0.3, -0.25) is 0 Å². The van der Waals surface area contributed by atoms with E-state index in [1.807, 2.05) is 0 Å². The van der Waals surface area contributed by atoms with Gasteiger partial charge >= 0.3 is 33.2 Å². The molecule has 0 aromatic carbocycles. The van der Waals surface area contributed by atoms with Crippen molar-refractivity contribution in [2.45, 2.75) is 0 Å². The summed E-state index contributed by atoms with van der Waals surface area (Å²) in [6.07, 6.45) is 0. The first-order valence-electron chi connectivity index (χ1n) is 0.638. The molecule has 0 aliphatic carbocycles. The van der Waals surface area contributed by atoms with Crippen LogP contribution >= 0.6 is 0 Å². The summed E-state index contributed by atoms with van der Waals surface area (Å²) in [6, 6.07) is 0. The average molecular weight is 90.9 g/mol. The predicted octanol–water partition coefficient (Wildman–Crippen LogP) is -0.720. The molecule has 0 saturated heterocycles. The van der Waals surface area contributed by atoms with Crippen LogP contribution in [0.25, 0.3) is 0 Å². The van der Waals surface area contributed by atoms with Crippen molar-refractivity contribution in [2.24, 2.45) is 0 Å². The molecular formula is BOS2-. The van der Waals surface area contributed by atoms with Gasteiger partial charge in [0.2, 0.25) is 0 Å². The van der Waals surface area contributed by atoms with Gasteiger partial charge < -0.3 is 0 Å². The molecule has 0 radical (unpaired) electrons. The van der Waals surface area contributed by atoms with E-state index in [1.165, 1.54) is 0 Å². The monoisotopic (exact) mass is 90.9 g/mol. The van der Waals surface area contributed by atoms with Gasteiger partial charge in [-0.25, -0.2) is 0 Å². The Kier molecular flexibility index (Phi) is 3.81. The third-order valence-electron chi connectivity index (χ3n) is 0.0393. The molecule has 0 aliphatic heterocycles. The van der Waals surface area contributed by atoms with Gasteiger partial charge in [-0.2, -0.15) is 0 Å². The van der Waals surface area contributed by atoms with E-state index in [0.29, 0.717) is 11.1 Å². The van der Waals surface area contributed by atoms with Crippen LogP contribution in [0.5, 0.6) is 0 Å². The maximum atomic E-state index is 9.06. The number of hydrogen-bond donors (Lipinski definition) is 0. The maximum absolute atomic E-state index is 9.06. The summed E-state index contributed by atoms with van der Waals surface area (Å²) in [7, 11) is 0. The van der Waals surface area contributed by atoms with E-state index in [-0.39, 0.29) is 0 Å². The first-order valence-corrected chi connectivity index (χ1v) is 1.91. The minimum absolute atomic E-state index is 0.296. The molecule has 0 amide bonds. The average Bonchev–Trinajstić information content (AvgIpc) is 1.37. The zero-order valence-electron chi connectivity index (χ0n) is 1.80. The van der Waals surface area contributed by atoms with Gasteiger partial charge in [-0.05, 0) is 0 Å². The fraction of sp³-hybridized carbons (Fsp3) is 0. The SMILES string of the molecule is O=S=B[S-]. The van der Waals surface area contributed by atoms with Crippen molar-refractivity contribution in [3.8, 4) is 0 Å². The third kappa shape index (κ3) is 2.43. The molecule has 0 aromatic heterocycles. The molecule has 4 heteroatoms. The van der Waals surface area contributed by atoms with Gasteiger partial charge in [0.05, 0.1) is 0 Å². The Balaban J connectivity index is 3.11. The summed E-state index contributed by atoms with van der Waals surface area (Å²) in [4.78, 5) is 0. The van der Waals surface area contributed by atoms with Crippen LogP contribution in [0.15, 0.2) is 0 Å². The normalized spacial score (nSPS) is 4.25. The predicted molar refractivity (Wildman–Crippen MR) is 21.3 cm³/mol. The van der Waals surface area contributed by atoms with Gasteiger partial charge in [0.15, 0.2) is 0 Å². The van der Waals surface area contributed by atoms with Gasteiger partial charge in [-0.1, -0.05) is 0 Å². The van der Waals surface area contributed by atoms with Crippen LogP contribution in [0.1, 0.15) is 0 Å². The second-order valence-electron chi connectivity index (χ2n) is 0.192. The van der Waals surface area contributed by atoms with Crippen LogP contribution in [0.4, 0.5) is 0 Å². The van der Waals surface area contributed by atoms with Crippen LogP contribution in [0, 0.1) is 0 Å². The van der Waals surface area contributed by atoms with Gasteiger partial charge in [-0.15, -0.1) is 0 Å². The van der Waals surface area contributed by atoms with Crippen LogP contribution in [0.2, 0.25) is 0 Å². The molecule has 1 nitrogen and oxygen atoms in total. The van der Waals surface area contributed by atoms with Crippen molar-refractivity contribution in [2.75, 3.05) is 0 Å². The van der Waals surface area contributed by atoms with Gasteiger partial charge in [0, 0.05) is 0 Å². The molecule has 22 valence electrons. The Hall–Kier alpha value is 0.435. The molecule has 0 atom stereocenters. The van der Waals surface area contributed by atoms with Crippen LogP contribution < -0.4 is 0 Å². The first kappa shape index (κ1) is 4.43. The van der Waals surface area contributed by atoms with E-state index in [9.17, 15) is 0 Å². The number of rotatable bonds is 0. The fourth-order valence-corrected chi connectivity index (χ4v) is 0. The van der Waals surface area contributed by atoms with Gasteiger partial charge in [0.25, 0.3) is 0 Å². The summed E-state index contributed by atoms with van der Waals surface area (Å²) in [6.45, 7) is 0. The van der Waals surface area contributed by atoms with Crippen LogP contribution in [-0.2, 0) is 23.6 Å². The van der Waals surface area contributed by atoms with Crippen molar-refractivity contribution in [1.29, 1.82) is 0 Å². The zero-order chi connectivity index (χ0) is 3.41. The molecule has 0 bridgehead atoms. The zero-order valence-corrected chi connectivity index (χ0v) is 3.44. The van der Waals surface area contributed by atoms with Crippen LogP contribution in [0.3, 0.4) is 0 Å². The molecule has 0 rings (SSSR count). The Morgan fingerprint density at radius 3 is 2.25 bits per heavy atom. The Labute approximate surface area is 33.9 Å². The standard InChI is InChI=1S/BOS2/c2-4-1-3/q-1. The summed E-state index contributed by atoms with van der Waals surface area (Å²) in [5.41, 5.74) is 1.07. The molecule has 0 saturated carbocycles. The minimum atomic E-state index is 0.296. The van der Waals surface area contributed by atoms with E-state index in [2.05, 4.69) is 12.5 Å². The first-order chi connectivity index (χ1) is 1.91. The molecule has 0 fully saturated rings. The van der Waals surface area contributed by atoms with Crippen molar-refractivity contribution in [1.82, 2.24) is 0 Å². The summed E-state index contributed by atoms with van der Waals surface area (Å²) < 4.78 is 9.06. The molecule has 0 aliphatic rings. The second-order valence-corrected chi connectivity index (χ2v) is 1.15. The molecule has 0 heterocycles. The molecular weight excluding hydrogens is 90.9 g/mol. The van der Waals surface area contributed by atoms with Crippen molar-refractivity contribution < 1.29 is 4.21 Å². The topological polar surface area (TPSA) is 17.1 Å². The van der Waals surface area contributed by atoms with E-state index in [1.54, 1.807) is 0 Å². The van der Waals surface area contributed by atoms with E-state index < -0.39 is 0 Å². The summed E-state index contributed by atoms with van der Waals surface area (Å²) in [5.74, 6) is 0. The molecule has 0 spiro atoms. The van der Waals surface area contributed by atoms with Gasteiger partial charge in [0.1, 0.15) is 0 Å². The fourth-order valence-electron chi connectivity index (χ4n) is 0. The van der Waals surface area contributed by atoms with E-state index >= 15 is 0 Å². The van der Waals surface area contributed by atoms with Crippen molar-refractivity contribution >= 4 is 29.0 Å². The van der Waals surface area contributed by atoms with Crippen LogP contribution in [-0.4, -0.2) is 9.64 Å². The quantitative estimate of drug-likeness (QED) is 0.289. The summed E-state index contributed by atoms with van der Waals surface area (Å²) >= 11 is 4.37. The van der Waals surface area contributed by atoms with E-state index in [4.69, 9.17) is 4.21 Å². The van der Waals surface area contributed by atoms with E-state index in [0.717, 1.165) is 5.43 Å². The summed E-state index contributed by atoms with van der Waals surface area (Å²) in [5, 5.41) is 0. The molecule has 4 heavy (non-hydrogen) atoms. The Bertz CT molecular complexity index is 44.0. The second kappa shape index (κ2) is 3.43. The number of hydrogen-bond acceptors (Lipinski definition) is 2. The Morgan fingerprint density at radius 2 is 2.25 bits per heavy atom.